The van der Waals surface area contributed by atoms with E-state index in [-0.39, 0.29) is 16.7 Å². The Labute approximate surface area is 203 Å². The summed E-state index contributed by atoms with van der Waals surface area (Å²) in [5, 5.41) is 22.3. The Hall–Kier alpha value is -1.47. The SMILES string of the molecule is CC1(C)C2CCC1(C)C(O)C2=Cc1ccc(C=C2C3CCC(CS(=O)(=O)O)(C2O)C3(C)C)cc1. The van der Waals surface area contributed by atoms with Crippen molar-refractivity contribution < 1.29 is 23.2 Å². The van der Waals surface area contributed by atoms with Gasteiger partial charge in [-0.3, -0.25) is 4.55 Å². The molecule has 0 aliphatic heterocycles. The average Bonchev–Trinajstić information content (AvgIpc) is 3.22. The Morgan fingerprint density at radius 1 is 0.824 bits per heavy atom. The fourth-order valence-electron chi connectivity index (χ4n) is 8.26. The number of aliphatic hydroxyl groups is 2. The molecule has 6 heteroatoms. The van der Waals surface area contributed by atoms with E-state index >= 15 is 0 Å². The van der Waals surface area contributed by atoms with Crippen LogP contribution < -0.4 is 0 Å². The van der Waals surface area contributed by atoms with E-state index < -0.39 is 38.9 Å². The first-order valence-corrected chi connectivity index (χ1v) is 14.1. The molecule has 4 bridgehead atoms. The number of benzene rings is 1. The molecule has 6 atom stereocenters. The van der Waals surface area contributed by atoms with Crippen LogP contribution in [-0.2, 0) is 10.1 Å². The van der Waals surface area contributed by atoms with Gasteiger partial charge in [0.05, 0.1) is 18.0 Å². The lowest BCUT2D eigenvalue weighted by molar-refractivity contribution is 0.0264. The summed E-state index contributed by atoms with van der Waals surface area (Å²) in [6.07, 6.45) is 6.43. The highest BCUT2D eigenvalue weighted by Crippen LogP contribution is 2.69. The second-order valence-electron chi connectivity index (χ2n) is 12.7. The Morgan fingerprint density at radius 3 is 1.76 bits per heavy atom. The Kier molecular flexibility index (Phi) is 5.19. The maximum atomic E-state index is 11.8. The van der Waals surface area contributed by atoms with E-state index in [9.17, 15) is 23.2 Å². The zero-order valence-corrected chi connectivity index (χ0v) is 21.7. The van der Waals surface area contributed by atoms with Gasteiger partial charge in [-0.25, -0.2) is 0 Å². The summed E-state index contributed by atoms with van der Waals surface area (Å²) >= 11 is 0. The van der Waals surface area contributed by atoms with Crippen molar-refractivity contribution in [2.75, 3.05) is 5.75 Å². The summed E-state index contributed by atoms with van der Waals surface area (Å²) in [4.78, 5) is 0. The molecular weight excluding hydrogens is 448 g/mol. The molecule has 4 saturated carbocycles. The lowest BCUT2D eigenvalue weighted by Gasteiger charge is -2.39. The molecule has 0 spiro atoms. The first-order valence-electron chi connectivity index (χ1n) is 12.5. The third-order valence-electron chi connectivity index (χ3n) is 10.9. The van der Waals surface area contributed by atoms with Gasteiger partial charge in [0.25, 0.3) is 10.1 Å². The molecule has 0 amide bonds. The molecule has 6 unspecified atom stereocenters. The Morgan fingerprint density at radius 2 is 1.29 bits per heavy atom. The predicted molar refractivity (Wildman–Crippen MR) is 134 cm³/mol. The molecule has 3 N–H and O–H groups in total. The minimum Gasteiger partial charge on any atom is -0.388 e. The monoisotopic (exact) mass is 486 g/mol. The second kappa shape index (κ2) is 7.28. The van der Waals surface area contributed by atoms with Crippen LogP contribution in [0.15, 0.2) is 35.4 Å². The molecule has 5 rings (SSSR count). The number of rotatable bonds is 4. The van der Waals surface area contributed by atoms with Gasteiger partial charge in [0.15, 0.2) is 0 Å². The van der Waals surface area contributed by atoms with Gasteiger partial charge in [0.2, 0.25) is 0 Å². The van der Waals surface area contributed by atoms with Gasteiger partial charge in [0, 0.05) is 10.8 Å². The molecule has 186 valence electrons. The van der Waals surface area contributed by atoms with Crippen LogP contribution in [0.25, 0.3) is 12.2 Å². The van der Waals surface area contributed by atoms with Crippen LogP contribution in [-0.4, -0.2) is 41.1 Å². The highest BCUT2D eigenvalue weighted by Gasteiger charge is 2.67. The summed E-state index contributed by atoms with van der Waals surface area (Å²) in [6, 6.07) is 8.14. The summed E-state index contributed by atoms with van der Waals surface area (Å²) in [5.41, 5.74) is 2.76. The maximum Gasteiger partial charge on any atom is 0.265 e. The fraction of sp³-hybridized carbons (Fsp3) is 0.643. The molecule has 1 aromatic carbocycles. The van der Waals surface area contributed by atoms with E-state index in [1.54, 1.807) is 0 Å². The van der Waals surface area contributed by atoms with Crippen LogP contribution in [0.3, 0.4) is 0 Å². The minimum absolute atomic E-state index is 0.0728. The van der Waals surface area contributed by atoms with Crippen molar-refractivity contribution in [3.05, 3.63) is 46.5 Å². The van der Waals surface area contributed by atoms with Crippen molar-refractivity contribution in [2.24, 2.45) is 33.5 Å². The standard InChI is InChI=1S/C28H38O5S/c1-25(2)21-10-12-27(25,5)23(29)19(21)14-17-6-8-18(9-7-17)15-20-22-11-13-28(24(20)30,26(22,3)4)16-34(31,32)33/h6-9,14-15,21-24,29-30H,10-13,16H2,1-5H3,(H,31,32,33). The summed E-state index contributed by atoms with van der Waals surface area (Å²) in [6.45, 7) is 10.8. The summed E-state index contributed by atoms with van der Waals surface area (Å²) in [5.74, 6) is 0.0747. The van der Waals surface area contributed by atoms with Gasteiger partial charge >= 0.3 is 0 Å². The van der Waals surface area contributed by atoms with Gasteiger partial charge in [-0.1, -0.05) is 71.0 Å². The number of hydrogen-bond acceptors (Lipinski definition) is 4. The van der Waals surface area contributed by atoms with Crippen molar-refractivity contribution in [2.45, 2.75) is 72.5 Å². The maximum absolute atomic E-state index is 11.8. The quantitative estimate of drug-likeness (QED) is 0.523. The topological polar surface area (TPSA) is 94.8 Å². The number of fused-ring (bicyclic) bond motifs is 4. The highest BCUT2D eigenvalue weighted by atomic mass is 32.2. The van der Waals surface area contributed by atoms with Crippen molar-refractivity contribution >= 4 is 22.3 Å². The zero-order valence-electron chi connectivity index (χ0n) is 20.9. The molecule has 0 saturated heterocycles. The van der Waals surface area contributed by atoms with E-state index in [0.29, 0.717) is 12.3 Å². The van der Waals surface area contributed by atoms with Crippen molar-refractivity contribution in [1.82, 2.24) is 0 Å². The van der Waals surface area contributed by atoms with Crippen LogP contribution in [0.5, 0.6) is 0 Å². The summed E-state index contributed by atoms with van der Waals surface area (Å²) < 4.78 is 33.2. The average molecular weight is 487 g/mol. The largest absolute Gasteiger partial charge is 0.388 e. The molecule has 34 heavy (non-hydrogen) atoms. The molecule has 4 aliphatic rings. The highest BCUT2D eigenvalue weighted by molar-refractivity contribution is 7.85. The van der Waals surface area contributed by atoms with Gasteiger partial charge in [-0.2, -0.15) is 8.42 Å². The van der Waals surface area contributed by atoms with Crippen LogP contribution >= 0.6 is 0 Å². The van der Waals surface area contributed by atoms with Crippen LogP contribution in [0.1, 0.15) is 71.4 Å². The Balaban J connectivity index is 1.43. The first-order chi connectivity index (χ1) is 15.6. The predicted octanol–water partition coefficient (Wildman–Crippen LogP) is 4.96. The van der Waals surface area contributed by atoms with Crippen LogP contribution in [0.4, 0.5) is 0 Å². The van der Waals surface area contributed by atoms with Gasteiger partial charge in [0.1, 0.15) is 0 Å². The van der Waals surface area contributed by atoms with Crippen LogP contribution in [0.2, 0.25) is 0 Å². The third-order valence-corrected chi connectivity index (χ3v) is 11.8. The third kappa shape index (κ3) is 3.11. The molecular formula is C28H38O5S. The Bertz CT molecular complexity index is 1180. The zero-order chi connectivity index (χ0) is 24.9. The molecule has 4 fully saturated rings. The number of hydrogen-bond donors (Lipinski definition) is 3. The number of aliphatic hydroxyl groups excluding tert-OH is 2. The van der Waals surface area contributed by atoms with E-state index in [0.717, 1.165) is 41.5 Å². The van der Waals surface area contributed by atoms with Crippen molar-refractivity contribution in [3.63, 3.8) is 0 Å². The van der Waals surface area contributed by atoms with Gasteiger partial charge in [-0.15, -0.1) is 0 Å². The fourth-order valence-corrected chi connectivity index (χ4v) is 9.59. The van der Waals surface area contributed by atoms with Crippen molar-refractivity contribution in [1.29, 1.82) is 0 Å². The lowest BCUT2D eigenvalue weighted by atomic mass is 9.70. The van der Waals surface area contributed by atoms with Crippen LogP contribution in [0, 0.1) is 33.5 Å². The molecule has 1 aromatic rings. The smallest absolute Gasteiger partial charge is 0.265 e. The normalized spacial score (nSPS) is 42.2. The van der Waals surface area contributed by atoms with E-state index in [1.807, 2.05) is 44.2 Å². The first kappa shape index (κ1) is 24.2. The lowest BCUT2D eigenvalue weighted by Crippen LogP contribution is -2.44. The second-order valence-corrected chi connectivity index (χ2v) is 14.1. The van der Waals surface area contributed by atoms with Gasteiger partial charge < -0.3 is 10.2 Å². The molecule has 0 radical (unpaired) electrons. The molecule has 0 aromatic heterocycles. The van der Waals surface area contributed by atoms with Gasteiger partial charge in [-0.05, 0) is 70.6 Å². The molecule has 5 nitrogen and oxygen atoms in total. The van der Waals surface area contributed by atoms with Crippen molar-refractivity contribution in [3.8, 4) is 0 Å². The summed E-state index contributed by atoms with van der Waals surface area (Å²) in [7, 11) is -4.20. The molecule has 0 heterocycles. The van der Waals surface area contributed by atoms with E-state index in [1.165, 1.54) is 0 Å². The van der Waals surface area contributed by atoms with E-state index in [4.69, 9.17) is 0 Å². The molecule has 4 aliphatic carbocycles. The van der Waals surface area contributed by atoms with E-state index in [2.05, 4.69) is 26.8 Å². The minimum atomic E-state index is -4.20.